The summed E-state index contributed by atoms with van der Waals surface area (Å²) in [7, 11) is 1.78. The Balaban J connectivity index is 1.66. The summed E-state index contributed by atoms with van der Waals surface area (Å²) in [6.45, 7) is 9.27. The molecule has 2 atom stereocenters. The minimum Gasteiger partial charge on any atom is -0.350 e. The van der Waals surface area contributed by atoms with E-state index >= 15 is 0 Å². The summed E-state index contributed by atoms with van der Waals surface area (Å²) in [6, 6.07) is 7.02. The predicted octanol–water partition coefficient (Wildman–Crippen LogP) is 3.83. The van der Waals surface area contributed by atoms with Gasteiger partial charge in [-0.3, -0.25) is 14.3 Å². The second-order valence-electron chi connectivity index (χ2n) is 8.60. The Morgan fingerprint density at radius 3 is 2.57 bits per heavy atom. The highest BCUT2D eigenvalue weighted by atomic mass is 35.5. The lowest BCUT2D eigenvalue weighted by molar-refractivity contribution is -0.127. The van der Waals surface area contributed by atoms with E-state index in [0.29, 0.717) is 30.2 Å². The lowest BCUT2D eigenvalue weighted by atomic mass is 9.99. The van der Waals surface area contributed by atoms with E-state index in [9.17, 15) is 9.59 Å². The van der Waals surface area contributed by atoms with Gasteiger partial charge in [0, 0.05) is 37.2 Å². The molecule has 1 N–H and O–H groups in total. The number of benzene rings is 1. The zero-order valence-electron chi connectivity index (χ0n) is 18.4. The number of carbonyl (C=O) groups excluding carboxylic acids is 2. The third-order valence-corrected chi connectivity index (χ3v) is 6.07. The first kappa shape index (κ1) is 22.3. The third-order valence-electron chi connectivity index (χ3n) is 5.82. The van der Waals surface area contributed by atoms with E-state index < -0.39 is 0 Å². The van der Waals surface area contributed by atoms with Crippen LogP contribution in [-0.2, 0) is 22.6 Å². The van der Waals surface area contributed by atoms with Gasteiger partial charge < -0.3 is 10.2 Å². The van der Waals surface area contributed by atoms with Gasteiger partial charge >= 0.3 is 0 Å². The quantitative estimate of drug-likeness (QED) is 0.725. The van der Waals surface area contributed by atoms with Crippen LogP contribution in [0.25, 0.3) is 0 Å². The van der Waals surface area contributed by atoms with Gasteiger partial charge in [0.25, 0.3) is 0 Å². The van der Waals surface area contributed by atoms with Crippen LogP contribution in [-0.4, -0.2) is 39.6 Å². The van der Waals surface area contributed by atoms with Gasteiger partial charge in [-0.2, -0.15) is 5.10 Å². The summed E-state index contributed by atoms with van der Waals surface area (Å²) < 4.78 is 2.04. The minimum absolute atomic E-state index is 0.0295. The molecule has 7 heteroatoms. The zero-order chi connectivity index (χ0) is 22.0. The molecule has 1 aromatic carbocycles. The summed E-state index contributed by atoms with van der Waals surface area (Å²) in [6.07, 6.45) is 1.32. The number of likely N-dealkylation sites (N-methyl/N-ethyl adjacent to an activating group) is 1. The molecular weight excluding hydrogens is 400 g/mol. The molecule has 6 nitrogen and oxygen atoms in total. The van der Waals surface area contributed by atoms with E-state index in [1.807, 2.05) is 35.9 Å². The fraction of sp³-hybridized carbons (Fsp3) is 0.522. The number of hydrogen-bond donors (Lipinski definition) is 1. The van der Waals surface area contributed by atoms with Gasteiger partial charge in [0.05, 0.1) is 17.8 Å². The Bertz CT molecular complexity index is 920. The van der Waals surface area contributed by atoms with Crippen LogP contribution < -0.4 is 5.32 Å². The maximum absolute atomic E-state index is 12.7. The number of aromatic nitrogens is 2. The minimum atomic E-state index is -0.248. The van der Waals surface area contributed by atoms with Crippen LogP contribution in [0.1, 0.15) is 55.2 Å². The first-order chi connectivity index (χ1) is 14.2. The molecule has 1 saturated heterocycles. The van der Waals surface area contributed by atoms with Crippen molar-refractivity contribution in [2.45, 2.75) is 65.6 Å². The molecule has 3 rings (SSSR count). The smallest absolute Gasteiger partial charge is 0.225 e. The molecule has 2 amide bonds. The molecule has 30 heavy (non-hydrogen) atoms. The summed E-state index contributed by atoms with van der Waals surface area (Å²) in [5, 5.41) is 8.37. The molecule has 2 heterocycles. The number of rotatable bonds is 7. The molecule has 1 aliphatic rings. The van der Waals surface area contributed by atoms with Gasteiger partial charge in [-0.25, -0.2) is 0 Å². The lowest BCUT2D eigenvalue weighted by Crippen LogP contribution is -2.39. The number of nitrogens with zero attached hydrogens (tertiary/aromatic N) is 3. The SMILES string of the molecule is Cc1nn(CC(C)C)c(C)c1CCC(=O)NC1CC(=O)N(C)C1c1ccc(Cl)cc1. The Kier molecular flexibility index (Phi) is 6.86. The van der Waals surface area contributed by atoms with Crippen molar-refractivity contribution >= 4 is 23.4 Å². The van der Waals surface area contributed by atoms with Crippen molar-refractivity contribution in [3.05, 3.63) is 51.8 Å². The Labute approximate surface area is 183 Å². The Morgan fingerprint density at radius 2 is 1.93 bits per heavy atom. The lowest BCUT2D eigenvalue weighted by Gasteiger charge is -2.26. The molecule has 1 aromatic heterocycles. The van der Waals surface area contributed by atoms with E-state index in [-0.39, 0.29) is 23.9 Å². The summed E-state index contributed by atoms with van der Waals surface area (Å²) in [4.78, 5) is 26.8. The zero-order valence-corrected chi connectivity index (χ0v) is 19.2. The van der Waals surface area contributed by atoms with Crippen LogP contribution >= 0.6 is 11.6 Å². The van der Waals surface area contributed by atoms with Gasteiger partial charge in [-0.15, -0.1) is 0 Å². The molecule has 1 fully saturated rings. The first-order valence-corrected chi connectivity index (χ1v) is 10.9. The first-order valence-electron chi connectivity index (χ1n) is 10.5. The molecule has 2 unspecified atom stereocenters. The van der Waals surface area contributed by atoms with Crippen molar-refractivity contribution in [1.82, 2.24) is 20.0 Å². The largest absolute Gasteiger partial charge is 0.350 e. The molecule has 1 aliphatic heterocycles. The number of carbonyl (C=O) groups is 2. The molecule has 162 valence electrons. The number of nitrogens with one attached hydrogen (secondary N) is 1. The average Bonchev–Trinajstić information content (AvgIpc) is 3.09. The van der Waals surface area contributed by atoms with Crippen LogP contribution in [0.15, 0.2) is 24.3 Å². The van der Waals surface area contributed by atoms with Crippen molar-refractivity contribution < 1.29 is 9.59 Å². The van der Waals surface area contributed by atoms with Crippen LogP contribution in [0, 0.1) is 19.8 Å². The molecule has 2 aromatic rings. The van der Waals surface area contributed by atoms with E-state index in [2.05, 4.69) is 31.2 Å². The maximum Gasteiger partial charge on any atom is 0.225 e. The second kappa shape index (κ2) is 9.21. The highest BCUT2D eigenvalue weighted by Crippen LogP contribution is 2.32. The van der Waals surface area contributed by atoms with Crippen molar-refractivity contribution in [3.8, 4) is 0 Å². The number of aryl methyl sites for hydroxylation is 1. The van der Waals surface area contributed by atoms with E-state index in [4.69, 9.17) is 11.6 Å². The van der Waals surface area contributed by atoms with Gasteiger partial charge in [0.1, 0.15) is 0 Å². The van der Waals surface area contributed by atoms with Crippen molar-refractivity contribution in [2.75, 3.05) is 7.05 Å². The molecular formula is C23H31ClN4O2. The molecule has 0 radical (unpaired) electrons. The normalized spacial score (nSPS) is 19.0. The third kappa shape index (κ3) is 4.86. The van der Waals surface area contributed by atoms with Gasteiger partial charge in [0.2, 0.25) is 11.8 Å². The molecule has 0 saturated carbocycles. The van der Waals surface area contributed by atoms with Crippen molar-refractivity contribution in [2.24, 2.45) is 5.92 Å². The molecule has 0 spiro atoms. The van der Waals surface area contributed by atoms with Gasteiger partial charge in [-0.05, 0) is 49.4 Å². The predicted molar refractivity (Wildman–Crippen MR) is 118 cm³/mol. The summed E-state index contributed by atoms with van der Waals surface area (Å²) in [5.41, 5.74) is 4.22. The topological polar surface area (TPSA) is 67.2 Å². The number of halogens is 1. The van der Waals surface area contributed by atoms with Crippen molar-refractivity contribution in [1.29, 1.82) is 0 Å². The number of amides is 2. The number of hydrogen-bond acceptors (Lipinski definition) is 3. The van der Waals surface area contributed by atoms with Crippen LogP contribution in [0.3, 0.4) is 0 Å². The molecule has 0 bridgehead atoms. The maximum atomic E-state index is 12.7. The second-order valence-corrected chi connectivity index (χ2v) is 9.04. The van der Waals surface area contributed by atoms with E-state index in [1.54, 1.807) is 11.9 Å². The van der Waals surface area contributed by atoms with E-state index in [1.165, 1.54) is 0 Å². The van der Waals surface area contributed by atoms with Gasteiger partial charge in [-0.1, -0.05) is 37.6 Å². The average molecular weight is 431 g/mol. The van der Waals surface area contributed by atoms with Gasteiger partial charge in [0.15, 0.2) is 0 Å². The summed E-state index contributed by atoms with van der Waals surface area (Å²) >= 11 is 6.00. The van der Waals surface area contributed by atoms with Crippen LogP contribution in [0.2, 0.25) is 5.02 Å². The molecule has 0 aliphatic carbocycles. The number of likely N-dealkylation sites (tertiary alicyclic amines) is 1. The highest BCUT2D eigenvalue weighted by Gasteiger charge is 2.39. The fourth-order valence-corrected chi connectivity index (χ4v) is 4.38. The fourth-order valence-electron chi connectivity index (χ4n) is 4.25. The standard InChI is InChI=1S/C23H31ClN4O2/c1-14(2)13-28-16(4)19(15(3)26-28)10-11-21(29)25-20-12-22(30)27(5)23(20)17-6-8-18(24)9-7-17/h6-9,14,20,23H,10-13H2,1-5H3,(H,25,29). The van der Waals surface area contributed by atoms with Crippen molar-refractivity contribution in [3.63, 3.8) is 0 Å². The van der Waals surface area contributed by atoms with Crippen LogP contribution in [0.4, 0.5) is 0 Å². The highest BCUT2D eigenvalue weighted by molar-refractivity contribution is 6.30. The Morgan fingerprint density at radius 1 is 1.27 bits per heavy atom. The monoisotopic (exact) mass is 430 g/mol. The van der Waals surface area contributed by atoms with Crippen LogP contribution in [0.5, 0.6) is 0 Å². The Hall–Kier alpha value is -2.34. The summed E-state index contributed by atoms with van der Waals surface area (Å²) in [5.74, 6) is 0.500. The van der Waals surface area contributed by atoms with E-state index in [0.717, 1.165) is 29.1 Å².